The summed E-state index contributed by atoms with van der Waals surface area (Å²) >= 11 is 0. The summed E-state index contributed by atoms with van der Waals surface area (Å²) in [4.78, 5) is 0. The van der Waals surface area contributed by atoms with Gasteiger partial charge in [0.15, 0.2) is 0 Å². The summed E-state index contributed by atoms with van der Waals surface area (Å²) in [5.74, 6) is 6.64. The van der Waals surface area contributed by atoms with Crippen molar-refractivity contribution in [2.75, 3.05) is 6.61 Å². The van der Waals surface area contributed by atoms with Crippen LogP contribution in [-0.4, -0.2) is 30.1 Å². The van der Waals surface area contributed by atoms with Gasteiger partial charge in [0.25, 0.3) is 0 Å². The van der Waals surface area contributed by atoms with Crippen LogP contribution in [0.3, 0.4) is 0 Å². The van der Waals surface area contributed by atoms with Gasteiger partial charge in [0.2, 0.25) is 0 Å². The average Bonchev–Trinajstić information content (AvgIpc) is 2.64. The van der Waals surface area contributed by atoms with Crippen molar-refractivity contribution in [3.05, 3.63) is 35.9 Å². The van der Waals surface area contributed by atoms with E-state index in [9.17, 15) is 0 Å². The van der Waals surface area contributed by atoms with Crippen LogP contribution in [0, 0.1) is 11.8 Å². The standard InChI is InChI=1S/C23H39B3O/c24-23(25,26)19-15-10-8-6-4-2-1-3-5-7-9-11-16-20-27-21-22-17-13-12-14-18-22/h12-14,17-18H,1-11,16,20-21,24-26H2. The minimum absolute atomic E-state index is 0.162. The lowest BCUT2D eigenvalue weighted by Crippen LogP contribution is -2.08. The van der Waals surface area contributed by atoms with Crippen LogP contribution in [0.15, 0.2) is 30.3 Å². The first-order valence-electron chi connectivity index (χ1n) is 11.2. The molecule has 0 atom stereocenters. The van der Waals surface area contributed by atoms with Crippen LogP contribution in [0.25, 0.3) is 0 Å². The third-order valence-corrected chi connectivity index (χ3v) is 4.67. The second-order valence-electron chi connectivity index (χ2n) is 8.73. The Morgan fingerprint density at radius 2 is 1.22 bits per heavy atom. The maximum Gasteiger partial charge on any atom is 0.104 e. The zero-order chi connectivity index (χ0) is 19.6. The van der Waals surface area contributed by atoms with E-state index in [0.29, 0.717) is 0 Å². The first kappa shape index (κ1) is 24.0. The number of ether oxygens (including phenoxy) is 1. The van der Waals surface area contributed by atoms with Crippen LogP contribution in [-0.2, 0) is 11.3 Å². The molecular formula is C23H39B3O. The molecule has 0 fully saturated rings. The maximum atomic E-state index is 5.73. The van der Waals surface area contributed by atoms with Crippen LogP contribution in [0.5, 0.6) is 0 Å². The third kappa shape index (κ3) is 16.8. The van der Waals surface area contributed by atoms with Crippen molar-refractivity contribution in [2.45, 2.75) is 88.8 Å². The Morgan fingerprint density at radius 3 is 1.78 bits per heavy atom. The fraction of sp³-hybridized carbons (Fsp3) is 0.652. The van der Waals surface area contributed by atoms with Crippen LogP contribution in [0.2, 0.25) is 5.11 Å². The molecule has 146 valence electrons. The third-order valence-electron chi connectivity index (χ3n) is 4.67. The molecule has 0 aliphatic rings. The van der Waals surface area contributed by atoms with E-state index >= 15 is 0 Å². The smallest absolute Gasteiger partial charge is 0.104 e. The number of unbranched alkanes of at least 4 members (excludes halogenated alkanes) is 11. The summed E-state index contributed by atoms with van der Waals surface area (Å²) in [6.07, 6.45) is 16.0. The molecule has 0 aromatic heterocycles. The highest BCUT2D eigenvalue weighted by Gasteiger charge is 2.04. The molecule has 0 radical (unpaired) electrons. The molecule has 0 aliphatic carbocycles. The van der Waals surface area contributed by atoms with E-state index in [1.54, 1.807) is 0 Å². The lowest BCUT2D eigenvalue weighted by Gasteiger charge is -2.06. The zero-order valence-corrected chi connectivity index (χ0v) is 18.2. The topological polar surface area (TPSA) is 9.23 Å². The van der Waals surface area contributed by atoms with Gasteiger partial charge in [0, 0.05) is 13.0 Å². The first-order valence-corrected chi connectivity index (χ1v) is 11.2. The first-order chi connectivity index (χ1) is 13.1. The molecule has 4 heteroatoms. The molecule has 0 saturated carbocycles. The molecule has 1 aromatic rings. The quantitative estimate of drug-likeness (QED) is 0.261. The molecule has 1 aromatic carbocycles. The molecule has 0 bridgehead atoms. The van der Waals surface area contributed by atoms with Gasteiger partial charge >= 0.3 is 0 Å². The van der Waals surface area contributed by atoms with E-state index in [1.165, 1.54) is 76.2 Å². The number of hydrogen-bond donors (Lipinski definition) is 0. The predicted octanol–water partition coefficient (Wildman–Crippen LogP) is 3.86. The van der Waals surface area contributed by atoms with Gasteiger partial charge in [-0.05, 0) is 18.4 Å². The molecule has 1 nitrogen and oxygen atoms in total. The van der Waals surface area contributed by atoms with Gasteiger partial charge in [-0.15, -0.1) is 11.8 Å². The molecule has 0 aliphatic heterocycles. The Labute approximate surface area is 171 Å². The average molecular weight is 364 g/mol. The van der Waals surface area contributed by atoms with Gasteiger partial charge in [-0.25, -0.2) is 0 Å². The second kappa shape index (κ2) is 15.9. The summed E-state index contributed by atoms with van der Waals surface area (Å²) in [6, 6.07) is 10.4. The minimum atomic E-state index is 0.162. The molecule has 0 N–H and O–H groups in total. The molecule has 0 unspecified atom stereocenters. The summed E-state index contributed by atoms with van der Waals surface area (Å²) in [6.45, 7) is 1.65. The maximum absolute atomic E-state index is 5.73. The molecule has 1 rings (SSSR count). The van der Waals surface area contributed by atoms with Crippen molar-refractivity contribution < 1.29 is 4.74 Å². The van der Waals surface area contributed by atoms with Gasteiger partial charge in [0.1, 0.15) is 23.5 Å². The van der Waals surface area contributed by atoms with E-state index < -0.39 is 0 Å². The molecule has 0 saturated heterocycles. The molecule has 0 spiro atoms. The fourth-order valence-corrected chi connectivity index (χ4v) is 3.10. The highest BCUT2D eigenvalue weighted by Crippen LogP contribution is 2.12. The zero-order valence-electron chi connectivity index (χ0n) is 18.2. The number of benzene rings is 1. The van der Waals surface area contributed by atoms with Crippen molar-refractivity contribution in [1.29, 1.82) is 0 Å². The highest BCUT2D eigenvalue weighted by molar-refractivity contribution is 6.61. The monoisotopic (exact) mass is 364 g/mol. The predicted molar refractivity (Wildman–Crippen MR) is 128 cm³/mol. The molecule has 0 amide bonds. The van der Waals surface area contributed by atoms with Gasteiger partial charge in [-0.3, -0.25) is 0 Å². The molecule has 0 heterocycles. The second-order valence-corrected chi connectivity index (χ2v) is 8.73. The normalized spacial score (nSPS) is 11.1. The minimum Gasteiger partial charge on any atom is -0.377 e. The van der Waals surface area contributed by atoms with Crippen molar-refractivity contribution >= 4 is 23.5 Å². The molecular weight excluding hydrogens is 325 g/mol. The Bertz CT molecular complexity index is 514. The van der Waals surface area contributed by atoms with E-state index in [1.807, 2.05) is 6.07 Å². The Hall–Kier alpha value is -1.07. The number of rotatable bonds is 15. The highest BCUT2D eigenvalue weighted by atomic mass is 16.5. The Balaban J connectivity index is 1.75. The van der Waals surface area contributed by atoms with Crippen LogP contribution in [0.4, 0.5) is 0 Å². The summed E-state index contributed by atoms with van der Waals surface area (Å²) < 4.78 is 5.73. The van der Waals surface area contributed by atoms with Gasteiger partial charge in [-0.1, -0.05) is 93.2 Å². The Morgan fingerprint density at radius 1 is 0.704 bits per heavy atom. The Kier molecular flexibility index (Phi) is 14.2. The SMILES string of the molecule is BC(B)(B)C#CCCCCCCCCCCCCCOCc1ccccc1. The van der Waals surface area contributed by atoms with E-state index in [2.05, 4.69) is 59.6 Å². The van der Waals surface area contributed by atoms with Crippen molar-refractivity contribution in [3.63, 3.8) is 0 Å². The largest absolute Gasteiger partial charge is 0.377 e. The van der Waals surface area contributed by atoms with Crippen LogP contribution in [0.1, 0.15) is 82.6 Å². The van der Waals surface area contributed by atoms with Crippen LogP contribution >= 0.6 is 0 Å². The van der Waals surface area contributed by atoms with E-state index in [-0.39, 0.29) is 5.11 Å². The van der Waals surface area contributed by atoms with Gasteiger partial charge in [-0.2, -0.15) is 0 Å². The number of hydrogen-bond acceptors (Lipinski definition) is 1. The molecule has 27 heavy (non-hydrogen) atoms. The van der Waals surface area contributed by atoms with E-state index in [4.69, 9.17) is 4.74 Å². The lowest BCUT2D eigenvalue weighted by molar-refractivity contribution is 0.116. The van der Waals surface area contributed by atoms with E-state index in [0.717, 1.165) is 19.6 Å². The van der Waals surface area contributed by atoms with Crippen molar-refractivity contribution in [2.24, 2.45) is 0 Å². The summed E-state index contributed by atoms with van der Waals surface area (Å²) in [5, 5.41) is 0.162. The summed E-state index contributed by atoms with van der Waals surface area (Å²) in [5.41, 5.74) is 1.27. The fourth-order valence-electron chi connectivity index (χ4n) is 3.10. The van der Waals surface area contributed by atoms with Crippen LogP contribution < -0.4 is 0 Å². The summed E-state index contributed by atoms with van der Waals surface area (Å²) in [7, 11) is 6.54. The van der Waals surface area contributed by atoms with Gasteiger partial charge in [0.05, 0.1) is 6.61 Å². The lowest BCUT2D eigenvalue weighted by atomic mass is 9.43. The van der Waals surface area contributed by atoms with Gasteiger partial charge < -0.3 is 4.74 Å². The van der Waals surface area contributed by atoms with Crippen molar-refractivity contribution in [1.82, 2.24) is 0 Å². The van der Waals surface area contributed by atoms with Crippen molar-refractivity contribution in [3.8, 4) is 11.8 Å².